The molecule has 1 aliphatic carbocycles. The van der Waals surface area contributed by atoms with Gasteiger partial charge in [0.05, 0.1) is 6.67 Å². The molecule has 5 rings (SSSR count). The highest BCUT2D eigenvalue weighted by Gasteiger charge is 2.26. The van der Waals surface area contributed by atoms with Gasteiger partial charge >= 0.3 is 0 Å². The van der Waals surface area contributed by atoms with Crippen LogP contribution in [0.4, 0.5) is 13.3 Å². The first kappa shape index (κ1) is 26.9. The van der Waals surface area contributed by atoms with Gasteiger partial charge in [0.25, 0.3) is 0 Å². The van der Waals surface area contributed by atoms with E-state index in [1.165, 1.54) is 6.07 Å². The summed E-state index contributed by atoms with van der Waals surface area (Å²) in [5, 5.41) is 1.04. The van der Waals surface area contributed by atoms with Crippen LogP contribution in [0.2, 0.25) is 10.0 Å². The molecular weight excluding hydrogens is 534 g/mol. The molecule has 0 radical (unpaired) electrons. The first-order chi connectivity index (χ1) is 18.5. The normalized spacial score (nSPS) is 17.9. The zero-order valence-electron chi connectivity index (χ0n) is 20.8. The maximum atomic E-state index is 15.2. The molecule has 1 saturated heterocycles. The zero-order chi connectivity index (χ0) is 26.6. The van der Waals surface area contributed by atoms with E-state index in [9.17, 15) is 8.92 Å². The molecule has 0 bridgehead atoms. The second-order valence-corrected chi connectivity index (χ2v) is 10.6. The Bertz CT molecular complexity index is 1330. The van der Waals surface area contributed by atoms with Crippen molar-refractivity contribution in [2.24, 2.45) is 0 Å². The van der Waals surface area contributed by atoms with Crippen LogP contribution in [0.5, 0.6) is 11.5 Å². The smallest absolute Gasteiger partial charge is 0.207 e. The molecule has 3 aromatic rings. The van der Waals surface area contributed by atoms with Crippen molar-refractivity contribution in [1.82, 2.24) is 4.90 Å². The van der Waals surface area contributed by atoms with Gasteiger partial charge in [0.2, 0.25) is 5.75 Å². The van der Waals surface area contributed by atoms with Gasteiger partial charge in [-0.3, -0.25) is 14.2 Å². The molecule has 0 aromatic heterocycles. The number of hydrogen-bond donors (Lipinski definition) is 0. The van der Waals surface area contributed by atoms with Crippen LogP contribution >= 0.6 is 23.2 Å². The Balaban J connectivity index is 1.52. The summed E-state index contributed by atoms with van der Waals surface area (Å²) in [6, 6.07) is 16.1. The van der Waals surface area contributed by atoms with Gasteiger partial charge in [-0.2, -0.15) is 0 Å². The van der Waals surface area contributed by atoms with Gasteiger partial charge in [-0.25, -0.2) is 4.39 Å². The first-order valence-electron chi connectivity index (χ1n) is 12.8. The minimum atomic E-state index is -0.690. The number of alkyl halides is 1. The topological polar surface area (TPSA) is 21.7 Å². The van der Waals surface area contributed by atoms with E-state index >= 15 is 4.39 Å². The molecule has 1 heterocycles. The largest absolute Gasteiger partial charge is 0.489 e. The van der Waals surface area contributed by atoms with Crippen molar-refractivity contribution >= 4 is 34.3 Å². The molecule has 1 atom stereocenters. The maximum Gasteiger partial charge on any atom is 0.207 e. The summed E-state index contributed by atoms with van der Waals surface area (Å²) in [5.41, 5.74) is 4.57. The number of nitrogens with zero attached hydrogens (tertiary/aromatic N) is 1. The summed E-state index contributed by atoms with van der Waals surface area (Å²) >= 11 is 12.8. The summed E-state index contributed by atoms with van der Waals surface area (Å²) in [6.45, 7) is 2.11. The van der Waals surface area contributed by atoms with Crippen LogP contribution in [-0.2, 0) is 6.42 Å². The monoisotopic (exact) mass is 561 g/mol. The summed E-state index contributed by atoms with van der Waals surface area (Å²) in [4.78, 5) is 6.00. The molecule has 0 unspecified atom stereocenters. The van der Waals surface area contributed by atoms with Crippen LogP contribution in [0.3, 0.4) is 0 Å². The Labute approximate surface area is 230 Å². The predicted octanol–water partition coefficient (Wildman–Crippen LogP) is 8.50. The van der Waals surface area contributed by atoms with Crippen molar-refractivity contribution < 1.29 is 23.0 Å². The Kier molecular flexibility index (Phi) is 8.51. The van der Waals surface area contributed by atoms with E-state index < -0.39 is 11.6 Å². The van der Waals surface area contributed by atoms with E-state index in [4.69, 9.17) is 27.9 Å². The lowest BCUT2D eigenvalue weighted by atomic mass is 9.87. The fourth-order valence-corrected chi connectivity index (χ4v) is 6.00. The lowest BCUT2D eigenvalue weighted by molar-refractivity contribution is -0.0108. The van der Waals surface area contributed by atoms with Crippen LogP contribution in [0.1, 0.15) is 47.9 Å². The standard InChI is InChI=1S/C30H28Cl2F3NO2/c31-20-7-10-23(27(32)17-20)24-3-1-4-26-25(11-12-28(38-35)30(26)34)29(24)19-5-8-21(9-6-19)37-22-13-16-36(18-22)15-2-14-33/h5-12,17,22H,1-4,13-16,18H2/t22-/m0/s1. The Morgan fingerprint density at radius 3 is 2.50 bits per heavy atom. The maximum absolute atomic E-state index is 15.2. The van der Waals surface area contributed by atoms with E-state index in [2.05, 4.69) is 9.84 Å². The second-order valence-electron chi connectivity index (χ2n) is 9.71. The number of benzene rings is 3. The lowest BCUT2D eigenvalue weighted by Gasteiger charge is -2.19. The fraction of sp³-hybridized carbons (Fsp3) is 0.333. The molecule has 1 aliphatic heterocycles. The summed E-state index contributed by atoms with van der Waals surface area (Å²) < 4.78 is 46.9. The van der Waals surface area contributed by atoms with Gasteiger partial charge in [-0.1, -0.05) is 47.5 Å². The third-order valence-electron chi connectivity index (χ3n) is 7.25. The Hall–Kier alpha value is -2.67. The van der Waals surface area contributed by atoms with E-state index in [0.29, 0.717) is 46.9 Å². The average molecular weight is 562 g/mol. The van der Waals surface area contributed by atoms with E-state index in [1.807, 2.05) is 30.3 Å². The highest BCUT2D eigenvalue weighted by atomic mass is 35.5. The third kappa shape index (κ3) is 5.68. The van der Waals surface area contributed by atoms with Crippen LogP contribution in [0, 0.1) is 5.82 Å². The van der Waals surface area contributed by atoms with Crippen molar-refractivity contribution in [2.75, 3.05) is 26.3 Å². The number of hydrogen-bond acceptors (Lipinski definition) is 3. The van der Waals surface area contributed by atoms with Gasteiger partial charge in [0.15, 0.2) is 5.82 Å². The molecule has 1 fully saturated rings. The summed E-state index contributed by atoms with van der Waals surface area (Å²) in [6.07, 6.45) is 3.21. The lowest BCUT2D eigenvalue weighted by Crippen LogP contribution is -2.26. The highest BCUT2D eigenvalue weighted by Crippen LogP contribution is 2.44. The van der Waals surface area contributed by atoms with Gasteiger partial charge in [0.1, 0.15) is 11.9 Å². The summed E-state index contributed by atoms with van der Waals surface area (Å²) in [5.74, 6) is -0.375. The number of fused-ring (bicyclic) bond motifs is 1. The average Bonchev–Trinajstić information content (AvgIpc) is 3.26. The molecule has 0 spiro atoms. The minimum Gasteiger partial charge on any atom is -0.489 e. The van der Waals surface area contributed by atoms with Crippen molar-refractivity contribution in [2.45, 2.75) is 38.2 Å². The van der Waals surface area contributed by atoms with E-state index in [-0.39, 0.29) is 12.8 Å². The molecule has 2 aliphatic rings. The molecule has 3 aromatic carbocycles. The van der Waals surface area contributed by atoms with Crippen LogP contribution in [0.25, 0.3) is 11.1 Å². The van der Waals surface area contributed by atoms with Crippen molar-refractivity contribution in [1.29, 1.82) is 0 Å². The Morgan fingerprint density at radius 1 is 0.974 bits per heavy atom. The Morgan fingerprint density at radius 2 is 1.76 bits per heavy atom. The fourth-order valence-electron chi connectivity index (χ4n) is 5.47. The van der Waals surface area contributed by atoms with Crippen LogP contribution < -0.4 is 9.68 Å². The second kappa shape index (κ2) is 12.0. The molecule has 0 saturated carbocycles. The summed E-state index contributed by atoms with van der Waals surface area (Å²) in [7, 11) is 0. The number of likely N-dealkylation sites (tertiary alicyclic amines) is 1. The van der Waals surface area contributed by atoms with Gasteiger partial charge in [0, 0.05) is 34.2 Å². The first-order valence-corrected chi connectivity index (χ1v) is 13.6. The van der Waals surface area contributed by atoms with Gasteiger partial charge in [-0.05, 0) is 95.8 Å². The minimum absolute atomic E-state index is 0.0509. The number of halogens is 5. The molecule has 38 heavy (non-hydrogen) atoms. The molecule has 0 N–H and O–H groups in total. The predicted molar refractivity (Wildman–Crippen MR) is 146 cm³/mol. The van der Waals surface area contributed by atoms with Crippen molar-refractivity contribution in [3.05, 3.63) is 92.7 Å². The SMILES string of the molecule is FCCCN1CC[C@H](Oc2ccc(C3=C(c4ccc(Cl)cc4Cl)CCCc4c3ccc(OF)c4F)cc2)C1. The molecular formula is C30H28Cl2F3NO2. The number of rotatable bonds is 8. The molecule has 200 valence electrons. The van der Waals surface area contributed by atoms with Crippen LogP contribution in [0.15, 0.2) is 54.6 Å². The highest BCUT2D eigenvalue weighted by molar-refractivity contribution is 6.36. The number of ether oxygens (including phenoxy) is 1. The zero-order valence-corrected chi connectivity index (χ0v) is 22.3. The van der Waals surface area contributed by atoms with Crippen molar-refractivity contribution in [3.8, 4) is 11.5 Å². The quantitative estimate of drug-likeness (QED) is 0.275. The van der Waals surface area contributed by atoms with E-state index in [0.717, 1.165) is 54.1 Å². The van der Waals surface area contributed by atoms with Crippen molar-refractivity contribution in [3.63, 3.8) is 0 Å². The van der Waals surface area contributed by atoms with Crippen LogP contribution in [-0.4, -0.2) is 37.3 Å². The molecule has 3 nitrogen and oxygen atoms in total. The van der Waals surface area contributed by atoms with E-state index in [1.54, 1.807) is 18.2 Å². The van der Waals surface area contributed by atoms with Gasteiger partial charge < -0.3 is 4.74 Å². The molecule has 8 heteroatoms. The van der Waals surface area contributed by atoms with Gasteiger partial charge in [-0.15, -0.1) is 0 Å². The third-order valence-corrected chi connectivity index (χ3v) is 7.80. The molecule has 0 amide bonds. The number of allylic oxidation sites excluding steroid dienone is 1.